The minimum absolute atomic E-state index is 0.289. The van der Waals surface area contributed by atoms with E-state index in [1.54, 1.807) is 10.9 Å². The zero-order valence-corrected chi connectivity index (χ0v) is 8.11. The second kappa shape index (κ2) is 3.67. The average Bonchev–Trinajstić information content (AvgIpc) is 2.56. The number of anilines is 1. The van der Waals surface area contributed by atoms with E-state index < -0.39 is 0 Å². The molecule has 0 saturated heterocycles. The van der Waals surface area contributed by atoms with Crippen LogP contribution in [-0.4, -0.2) is 5.27 Å². The first kappa shape index (κ1) is 9.02. The van der Waals surface area contributed by atoms with Gasteiger partial charge in [0.05, 0.1) is 5.02 Å². The average molecular weight is 211 g/mol. The zero-order chi connectivity index (χ0) is 9.97. The summed E-state index contributed by atoms with van der Waals surface area (Å²) in [6, 6.07) is 7.57. The van der Waals surface area contributed by atoms with E-state index >= 15 is 0 Å². The van der Waals surface area contributed by atoms with Crippen LogP contribution in [0.25, 0.3) is 0 Å². The molecule has 2 aromatic rings. The summed E-state index contributed by atoms with van der Waals surface area (Å²) in [5, 5.41) is 4.42. The third-order valence-corrected chi connectivity index (χ3v) is 2.19. The van der Waals surface area contributed by atoms with Crippen molar-refractivity contribution in [3.63, 3.8) is 0 Å². The van der Waals surface area contributed by atoms with E-state index in [1.807, 2.05) is 24.3 Å². The molecular weight excluding hydrogens is 202 g/mol. The lowest BCUT2D eigenvalue weighted by molar-refractivity contribution is -0.754. The van der Waals surface area contributed by atoms with E-state index in [9.17, 15) is 0 Å². The maximum Gasteiger partial charge on any atom is 0.293 e. The first-order valence-electron chi connectivity index (χ1n) is 4.11. The molecule has 2 rings (SSSR count). The summed E-state index contributed by atoms with van der Waals surface area (Å²) in [5.41, 5.74) is 6.37. The summed E-state index contributed by atoms with van der Waals surface area (Å²) >= 11 is 5.98. The quantitative estimate of drug-likeness (QED) is 0.759. The number of nitrogen functional groups attached to an aromatic ring is 1. The van der Waals surface area contributed by atoms with Gasteiger partial charge in [-0.3, -0.25) is 4.52 Å². The molecular formula is C9H9ClN3O+. The number of hydrogen-bond donors (Lipinski definition) is 1. The number of nitrogens with zero attached hydrogens (tertiary/aromatic N) is 2. The zero-order valence-electron chi connectivity index (χ0n) is 7.35. The standard InChI is InChI=1S/C9H9ClN3O/c10-8-4-2-1-3-7(8)5-13-6-9(11)14-12-13/h1-4,6H,5,11H2/q+1. The first-order valence-corrected chi connectivity index (χ1v) is 4.49. The maximum absolute atomic E-state index is 5.98. The van der Waals surface area contributed by atoms with E-state index in [0.29, 0.717) is 11.6 Å². The molecule has 0 spiro atoms. The summed E-state index contributed by atoms with van der Waals surface area (Å²) < 4.78 is 6.32. The van der Waals surface area contributed by atoms with E-state index in [1.165, 1.54) is 0 Å². The summed E-state index contributed by atoms with van der Waals surface area (Å²) in [6.45, 7) is 0.556. The smallest absolute Gasteiger partial charge is 0.293 e. The third-order valence-electron chi connectivity index (χ3n) is 1.82. The Bertz CT molecular complexity index is 441. The Labute approximate surface area is 85.9 Å². The molecule has 0 saturated carbocycles. The van der Waals surface area contributed by atoms with Crippen LogP contribution in [0.2, 0.25) is 5.02 Å². The van der Waals surface area contributed by atoms with Gasteiger partial charge < -0.3 is 5.73 Å². The van der Waals surface area contributed by atoms with Gasteiger partial charge in [-0.05, 0) is 10.7 Å². The van der Waals surface area contributed by atoms with E-state index in [0.717, 1.165) is 5.56 Å². The number of halogens is 1. The van der Waals surface area contributed by atoms with E-state index in [4.69, 9.17) is 21.9 Å². The van der Waals surface area contributed by atoms with Crippen LogP contribution >= 0.6 is 11.6 Å². The molecule has 0 unspecified atom stereocenters. The van der Waals surface area contributed by atoms with Crippen molar-refractivity contribution >= 4 is 17.5 Å². The van der Waals surface area contributed by atoms with Gasteiger partial charge in [0.25, 0.3) is 12.1 Å². The summed E-state index contributed by atoms with van der Waals surface area (Å²) in [5.74, 6) is 0.289. The van der Waals surface area contributed by atoms with Crippen molar-refractivity contribution in [3.8, 4) is 0 Å². The molecule has 14 heavy (non-hydrogen) atoms. The van der Waals surface area contributed by atoms with Crippen molar-refractivity contribution in [1.82, 2.24) is 5.27 Å². The molecule has 72 valence electrons. The van der Waals surface area contributed by atoms with Crippen molar-refractivity contribution in [1.29, 1.82) is 0 Å². The number of hydrogen-bond acceptors (Lipinski definition) is 3. The predicted octanol–water partition coefficient (Wildman–Crippen LogP) is 1.25. The van der Waals surface area contributed by atoms with Crippen LogP contribution in [0.4, 0.5) is 5.88 Å². The SMILES string of the molecule is Nc1c[n+](Cc2ccccc2Cl)no1. The van der Waals surface area contributed by atoms with Gasteiger partial charge in [0.15, 0.2) is 0 Å². The van der Waals surface area contributed by atoms with Crippen LogP contribution in [0.15, 0.2) is 35.0 Å². The molecule has 0 amide bonds. The molecule has 0 bridgehead atoms. The van der Waals surface area contributed by atoms with Crippen molar-refractivity contribution in [2.45, 2.75) is 6.54 Å². The first-order chi connectivity index (χ1) is 6.75. The number of nitrogens with two attached hydrogens (primary N) is 1. The Morgan fingerprint density at radius 2 is 2.21 bits per heavy atom. The molecule has 1 aromatic carbocycles. The van der Waals surface area contributed by atoms with E-state index in [2.05, 4.69) is 5.27 Å². The highest BCUT2D eigenvalue weighted by Gasteiger charge is 2.11. The highest BCUT2D eigenvalue weighted by Crippen LogP contribution is 2.14. The predicted molar refractivity (Wildman–Crippen MR) is 51.7 cm³/mol. The Kier molecular flexibility index (Phi) is 2.37. The molecule has 1 aromatic heterocycles. The van der Waals surface area contributed by atoms with Gasteiger partial charge in [-0.25, -0.2) is 0 Å². The summed E-state index contributed by atoms with van der Waals surface area (Å²) in [4.78, 5) is 0. The van der Waals surface area contributed by atoms with Crippen LogP contribution < -0.4 is 10.4 Å². The highest BCUT2D eigenvalue weighted by atomic mass is 35.5. The van der Waals surface area contributed by atoms with Crippen molar-refractivity contribution < 1.29 is 9.20 Å². The summed E-state index contributed by atoms with van der Waals surface area (Å²) in [6.07, 6.45) is 1.61. The van der Waals surface area contributed by atoms with Gasteiger partial charge in [0.1, 0.15) is 0 Å². The molecule has 0 aliphatic carbocycles. The van der Waals surface area contributed by atoms with Gasteiger partial charge >= 0.3 is 0 Å². The van der Waals surface area contributed by atoms with Crippen LogP contribution in [-0.2, 0) is 6.54 Å². The molecule has 0 aliphatic rings. The monoisotopic (exact) mass is 210 g/mol. The molecule has 4 nitrogen and oxygen atoms in total. The van der Waals surface area contributed by atoms with Crippen LogP contribution in [0, 0.1) is 0 Å². The number of rotatable bonds is 2. The lowest BCUT2D eigenvalue weighted by Gasteiger charge is -1.95. The van der Waals surface area contributed by atoms with Crippen LogP contribution in [0.1, 0.15) is 5.56 Å². The molecule has 0 radical (unpaired) electrons. The minimum Gasteiger partial charge on any atom is -0.362 e. The fourth-order valence-corrected chi connectivity index (χ4v) is 1.36. The molecule has 5 heteroatoms. The van der Waals surface area contributed by atoms with Gasteiger partial charge in [-0.2, -0.15) is 0 Å². The molecule has 0 atom stereocenters. The fraction of sp³-hybridized carbons (Fsp3) is 0.111. The fourth-order valence-electron chi connectivity index (χ4n) is 1.17. The Morgan fingerprint density at radius 1 is 1.43 bits per heavy atom. The Balaban J connectivity index is 2.23. The lowest BCUT2D eigenvalue weighted by Crippen LogP contribution is -2.35. The minimum atomic E-state index is 0.289. The second-order valence-electron chi connectivity index (χ2n) is 2.89. The Morgan fingerprint density at radius 3 is 2.86 bits per heavy atom. The molecule has 2 N–H and O–H groups in total. The largest absolute Gasteiger partial charge is 0.362 e. The lowest BCUT2D eigenvalue weighted by atomic mass is 10.2. The van der Waals surface area contributed by atoms with Crippen molar-refractivity contribution in [2.75, 3.05) is 5.73 Å². The normalized spacial score (nSPS) is 10.4. The molecule has 1 heterocycles. The van der Waals surface area contributed by atoms with Crippen molar-refractivity contribution in [3.05, 3.63) is 41.0 Å². The topological polar surface area (TPSA) is 55.9 Å². The van der Waals surface area contributed by atoms with Crippen LogP contribution in [0.3, 0.4) is 0 Å². The van der Waals surface area contributed by atoms with Gasteiger partial charge in [0.2, 0.25) is 11.8 Å². The third kappa shape index (κ3) is 1.85. The van der Waals surface area contributed by atoms with Crippen LogP contribution in [0.5, 0.6) is 0 Å². The molecule has 0 fully saturated rings. The van der Waals surface area contributed by atoms with Gasteiger partial charge in [-0.15, -0.1) is 0 Å². The summed E-state index contributed by atoms with van der Waals surface area (Å²) in [7, 11) is 0. The second-order valence-corrected chi connectivity index (χ2v) is 3.30. The number of aromatic nitrogens is 2. The number of benzene rings is 1. The van der Waals surface area contributed by atoms with Gasteiger partial charge in [0, 0.05) is 5.56 Å². The molecule has 0 aliphatic heterocycles. The maximum atomic E-state index is 5.98. The highest BCUT2D eigenvalue weighted by molar-refractivity contribution is 6.31. The van der Waals surface area contributed by atoms with Gasteiger partial charge in [-0.1, -0.05) is 29.8 Å². The Hall–Kier alpha value is -1.55. The van der Waals surface area contributed by atoms with E-state index in [-0.39, 0.29) is 5.88 Å². The van der Waals surface area contributed by atoms with Crippen molar-refractivity contribution in [2.24, 2.45) is 0 Å².